The smallest absolute Gasteiger partial charge is 0.417 e. The lowest BCUT2D eigenvalue weighted by molar-refractivity contribution is -0.138. The van der Waals surface area contributed by atoms with Crippen molar-refractivity contribution in [3.05, 3.63) is 94.7 Å². The van der Waals surface area contributed by atoms with Gasteiger partial charge in [0.1, 0.15) is 5.82 Å². The van der Waals surface area contributed by atoms with Crippen molar-refractivity contribution in [2.45, 2.75) is 39.0 Å². The highest BCUT2D eigenvalue weighted by molar-refractivity contribution is 6.30. The Bertz CT molecular complexity index is 1660. The van der Waals surface area contributed by atoms with Crippen molar-refractivity contribution in [2.75, 3.05) is 31.1 Å². The van der Waals surface area contributed by atoms with Crippen molar-refractivity contribution in [1.29, 1.82) is 0 Å². The van der Waals surface area contributed by atoms with E-state index in [1.807, 2.05) is 36.9 Å². The van der Waals surface area contributed by atoms with Gasteiger partial charge in [0.2, 0.25) is 5.88 Å². The normalized spacial score (nSPS) is 15.2. The Balaban J connectivity index is 1.46. The fourth-order valence-corrected chi connectivity index (χ4v) is 5.64. The van der Waals surface area contributed by atoms with E-state index in [9.17, 15) is 22.8 Å². The van der Waals surface area contributed by atoms with Gasteiger partial charge < -0.3 is 24.8 Å². The Morgan fingerprint density at radius 2 is 1.89 bits per heavy atom. The standard InChI is InChI=1S/C32H32ClF3N6O3/c1-3-22-19-41(31(44)24-9-8-21(33)17-26(24)32(34,35)36)14-15-42(22)27-10-7-20(23-6-5-11-39-30(23)45-4-2)16-25(27)29(43)40-18-28-37-12-13-38-28/h5-13,16-17,22H,3-4,14-15,18-19H2,1-2H3,(H,37,38)(H,40,43)/t22-/m1/s1. The molecular weight excluding hydrogens is 609 g/mol. The lowest BCUT2D eigenvalue weighted by Gasteiger charge is -2.43. The number of halogens is 4. The predicted octanol–water partition coefficient (Wildman–Crippen LogP) is 6.21. The number of carbonyl (C=O) groups is 2. The number of imidazole rings is 1. The molecular formula is C32H32ClF3N6O3. The van der Waals surface area contributed by atoms with Crippen molar-refractivity contribution in [3.8, 4) is 17.0 Å². The SMILES string of the molecule is CCOc1ncccc1-c1ccc(N2CCN(C(=O)c3ccc(Cl)cc3C(F)(F)F)C[C@H]2CC)c(C(=O)NCc2ncc[nH]2)c1. The molecule has 2 aromatic carbocycles. The third-order valence-electron chi connectivity index (χ3n) is 7.64. The highest BCUT2D eigenvalue weighted by atomic mass is 35.5. The van der Waals surface area contributed by atoms with E-state index in [1.165, 1.54) is 11.0 Å². The van der Waals surface area contributed by atoms with E-state index in [4.69, 9.17) is 16.3 Å². The van der Waals surface area contributed by atoms with E-state index < -0.39 is 23.2 Å². The zero-order valence-electron chi connectivity index (χ0n) is 24.7. The molecule has 0 saturated carbocycles. The zero-order valence-corrected chi connectivity index (χ0v) is 25.5. The summed E-state index contributed by atoms with van der Waals surface area (Å²) in [7, 11) is 0. The molecule has 2 amide bonds. The molecule has 0 aliphatic carbocycles. The van der Waals surface area contributed by atoms with E-state index >= 15 is 0 Å². The van der Waals surface area contributed by atoms with Crippen LogP contribution < -0.4 is 15.0 Å². The Hall–Kier alpha value is -4.58. The van der Waals surface area contributed by atoms with Crippen molar-refractivity contribution in [2.24, 2.45) is 0 Å². The average molecular weight is 641 g/mol. The number of nitrogens with one attached hydrogen (secondary N) is 2. The molecule has 13 heteroatoms. The number of rotatable bonds is 9. The second-order valence-electron chi connectivity index (χ2n) is 10.4. The number of piperazine rings is 1. The molecule has 236 valence electrons. The summed E-state index contributed by atoms with van der Waals surface area (Å²) in [6, 6.07) is 12.1. The van der Waals surface area contributed by atoms with Gasteiger partial charge >= 0.3 is 6.18 Å². The quantitative estimate of drug-likeness (QED) is 0.225. The average Bonchev–Trinajstić information content (AvgIpc) is 3.57. The Kier molecular flexibility index (Phi) is 9.62. The monoisotopic (exact) mass is 640 g/mol. The Labute approximate surface area is 263 Å². The van der Waals surface area contributed by atoms with Crippen LogP contribution >= 0.6 is 11.6 Å². The second-order valence-corrected chi connectivity index (χ2v) is 10.9. The highest BCUT2D eigenvalue weighted by Gasteiger charge is 2.38. The summed E-state index contributed by atoms with van der Waals surface area (Å²) in [5, 5.41) is 2.82. The summed E-state index contributed by atoms with van der Waals surface area (Å²) < 4.78 is 47.1. The third kappa shape index (κ3) is 7.06. The molecule has 1 atom stereocenters. The van der Waals surface area contributed by atoms with Crippen molar-refractivity contribution in [3.63, 3.8) is 0 Å². The van der Waals surface area contributed by atoms with Gasteiger partial charge in [-0.2, -0.15) is 13.2 Å². The number of benzene rings is 2. The highest BCUT2D eigenvalue weighted by Crippen LogP contribution is 2.36. The van der Waals surface area contributed by atoms with Gasteiger partial charge in [0.25, 0.3) is 11.8 Å². The van der Waals surface area contributed by atoms with Crippen molar-refractivity contribution in [1.82, 2.24) is 25.2 Å². The largest absolute Gasteiger partial charge is 0.478 e. The summed E-state index contributed by atoms with van der Waals surface area (Å²) in [6.45, 7) is 5.01. The lowest BCUT2D eigenvalue weighted by Crippen LogP contribution is -2.55. The lowest BCUT2D eigenvalue weighted by atomic mass is 9.98. The second kappa shape index (κ2) is 13.6. The Morgan fingerprint density at radius 3 is 2.60 bits per heavy atom. The van der Waals surface area contributed by atoms with Crippen LogP contribution in [0.4, 0.5) is 18.9 Å². The Morgan fingerprint density at radius 1 is 1.07 bits per heavy atom. The number of anilines is 1. The minimum absolute atomic E-state index is 0.101. The maximum Gasteiger partial charge on any atom is 0.417 e. The first-order chi connectivity index (χ1) is 21.6. The maximum atomic E-state index is 13.8. The van der Waals surface area contributed by atoms with Crippen LogP contribution in [0.1, 0.15) is 52.4 Å². The van der Waals surface area contributed by atoms with Crippen LogP contribution in [0.3, 0.4) is 0 Å². The number of pyridine rings is 1. The van der Waals surface area contributed by atoms with Crippen LogP contribution in [0.15, 0.2) is 67.1 Å². The van der Waals surface area contributed by atoms with Gasteiger partial charge in [0, 0.05) is 60.5 Å². The minimum atomic E-state index is -4.74. The van der Waals surface area contributed by atoms with Crippen LogP contribution in [0.25, 0.3) is 11.1 Å². The molecule has 45 heavy (non-hydrogen) atoms. The summed E-state index contributed by atoms with van der Waals surface area (Å²) >= 11 is 5.83. The molecule has 1 aliphatic rings. The summed E-state index contributed by atoms with van der Waals surface area (Å²) in [5.74, 6) is -0.0297. The first-order valence-electron chi connectivity index (χ1n) is 14.5. The summed E-state index contributed by atoms with van der Waals surface area (Å²) in [4.78, 5) is 42.1. The van der Waals surface area contributed by atoms with E-state index in [1.54, 1.807) is 30.7 Å². The molecule has 0 bridgehead atoms. The molecule has 1 aliphatic heterocycles. The zero-order chi connectivity index (χ0) is 32.1. The van der Waals surface area contributed by atoms with E-state index in [0.717, 1.165) is 23.3 Å². The number of nitrogens with zero attached hydrogens (tertiary/aromatic N) is 4. The number of ether oxygens (including phenoxy) is 1. The number of aromatic amines is 1. The molecule has 2 aromatic heterocycles. The number of alkyl halides is 3. The molecule has 2 N–H and O–H groups in total. The first kappa shape index (κ1) is 31.8. The summed E-state index contributed by atoms with van der Waals surface area (Å²) in [5.41, 5.74) is 0.960. The van der Waals surface area contributed by atoms with Crippen LogP contribution in [0.5, 0.6) is 5.88 Å². The fourth-order valence-electron chi connectivity index (χ4n) is 5.47. The topological polar surface area (TPSA) is 103 Å². The fraction of sp³-hybridized carbons (Fsp3) is 0.312. The number of hydrogen-bond acceptors (Lipinski definition) is 6. The van der Waals surface area contributed by atoms with Crippen molar-refractivity contribution < 1.29 is 27.5 Å². The van der Waals surface area contributed by atoms with Crippen LogP contribution in [-0.2, 0) is 12.7 Å². The molecule has 0 radical (unpaired) electrons. The van der Waals surface area contributed by atoms with Gasteiger partial charge in [0.15, 0.2) is 0 Å². The first-order valence-corrected chi connectivity index (χ1v) is 14.9. The summed E-state index contributed by atoms with van der Waals surface area (Å²) in [6.07, 6.45) is 0.730. The molecule has 1 saturated heterocycles. The van der Waals surface area contributed by atoms with Crippen LogP contribution in [0, 0.1) is 0 Å². The third-order valence-corrected chi connectivity index (χ3v) is 7.88. The van der Waals surface area contributed by atoms with Gasteiger partial charge in [-0.1, -0.05) is 24.6 Å². The number of hydrogen-bond donors (Lipinski definition) is 2. The van der Waals surface area contributed by atoms with Crippen molar-refractivity contribution >= 4 is 29.1 Å². The molecule has 5 rings (SSSR count). The molecule has 1 fully saturated rings. The number of H-pyrrole nitrogens is 1. The van der Waals surface area contributed by atoms with Crippen LogP contribution in [-0.4, -0.2) is 63.9 Å². The van der Waals surface area contributed by atoms with Gasteiger partial charge in [-0.05, 0) is 61.4 Å². The minimum Gasteiger partial charge on any atom is -0.478 e. The molecule has 0 unspecified atom stereocenters. The van der Waals surface area contributed by atoms with Gasteiger partial charge in [-0.3, -0.25) is 9.59 Å². The number of carbonyl (C=O) groups excluding carboxylic acids is 2. The number of amides is 2. The van der Waals surface area contributed by atoms with Crippen LogP contribution in [0.2, 0.25) is 5.02 Å². The van der Waals surface area contributed by atoms with E-state index in [0.29, 0.717) is 42.5 Å². The van der Waals surface area contributed by atoms with Gasteiger partial charge in [-0.15, -0.1) is 0 Å². The van der Waals surface area contributed by atoms with Gasteiger partial charge in [0.05, 0.1) is 29.8 Å². The number of aromatic nitrogens is 3. The van der Waals surface area contributed by atoms with E-state index in [-0.39, 0.29) is 36.6 Å². The maximum absolute atomic E-state index is 13.8. The molecule has 3 heterocycles. The molecule has 4 aromatic rings. The predicted molar refractivity (Wildman–Crippen MR) is 164 cm³/mol. The molecule has 9 nitrogen and oxygen atoms in total. The van der Waals surface area contributed by atoms with Gasteiger partial charge in [-0.25, -0.2) is 9.97 Å². The molecule has 0 spiro atoms. The van der Waals surface area contributed by atoms with E-state index in [2.05, 4.69) is 20.3 Å².